The zero-order valence-corrected chi connectivity index (χ0v) is 12.4. The Labute approximate surface area is 112 Å². The number of rotatable bonds is 7. The average molecular weight is 301 g/mol. The normalized spacial score (nSPS) is 10.9. The Morgan fingerprint density at radius 2 is 2.12 bits per heavy atom. The monoisotopic (exact) mass is 300 g/mol. The number of hydrogen-bond acceptors (Lipinski definition) is 3. The van der Waals surface area contributed by atoms with Crippen molar-refractivity contribution in [1.29, 1.82) is 0 Å². The van der Waals surface area contributed by atoms with Crippen LogP contribution in [0.1, 0.15) is 12.0 Å². The molecule has 1 aromatic carbocycles. The fourth-order valence-electron chi connectivity index (χ4n) is 1.58. The van der Waals surface area contributed by atoms with Crippen molar-refractivity contribution in [2.24, 2.45) is 0 Å². The molecule has 0 fully saturated rings. The zero-order valence-electron chi connectivity index (χ0n) is 10.8. The number of nitrogens with one attached hydrogen (secondary N) is 1. The smallest absolute Gasteiger partial charge is 0.123 e. The van der Waals surface area contributed by atoms with E-state index in [2.05, 4.69) is 46.3 Å². The molecule has 0 unspecified atom stereocenters. The Morgan fingerprint density at radius 1 is 1.35 bits per heavy atom. The van der Waals surface area contributed by atoms with Gasteiger partial charge in [0.2, 0.25) is 0 Å². The van der Waals surface area contributed by atoms with Crippen molar-refractivity contribution < 1.29 is 4.74 Å². The third kappa shape index (κ3) is 5.52. The summed E-state index contributed by atoms with van der Waals surface area (Å²) in [6, 6.07) is 6.13. The maximum atomic E-state index is 5.81. The third-order valence-electron chi connectivity index (χ3n) is 2.40. The van der Waals surface area contributed by atoms with Crippen molar-refractivity contribution in [2.45, 2.75) is 13.0 Å². The summed E-state index contributed by atoms with van der Waals surface area (Å²) in [7, 11) is 6.09. The Balaban J connectivity index is 2.51. The van der Waals surface area contributed by atoms with Crippen LogP contribution in [-0.2, 0) is 6.54 Å². The summed E-state index contributed by atoms with van der Waals surface area (Å²) < 4.78 is 6.89. The highest BCUT2D eigenvalue weighted by molar-refractivity contribution is 9.10. The van der Waals surface area contributed by atoms with Gasteiger partial charge in [0.25, 0.3) is 0 Å². The largest absolute Gasteiger partial charge is 0.493 e. The molecule has 0 heterocycles. The van der Waals surface area contributed by atoms with Gasteiger partial charge >= 0.3 is 0 Å². The molecule has 0 bridgehead atoms. The molecule has 1 N–H and O–H groups in total. The Morgan fingerprint density at radius 3 is 2.76 bits per heavy atom. The second-order valence-corrected chi connectivity index (χ2v) is 5.20. The summed E-state index contributed by atoms with van der Waals surface area (Å²) in [5.41, 5.74) is 1.19. The summed E-state index contributed by atoms with van der Waals surface area (Å²) in [5, 5.41) is 3.15. The zero-order chi connectivity index (χ0) is 12.7. The number of halogens is 1. The molecule has 1 aromatic rings. The van der Waals surface area contributed by atoms with Gasteiger partial charge in [0.1, 0.15) is 5.75 Å². The van der Waals surface area contributed by atoms with Crippen LogP contribution in [0.5, 0.6) is 5.75 Å². The first-order chi connectivity index (χ1) is 8.13. The number of ether oxygens (including phenoxy) is 1. The minimum atomic E-state index is 0.760. The standard InChI is InChI=1S/C13H21BrN2O/c1-15-10-11-9-12(14)5-6-13(11)17-8-4-7-16(2)3/h5-6,9,15H,4,7-8,10H2,1-3H3. The predicted octanol–water partition coefficient (Wildman–Crippen LogP) is 2.50. The van der Waals surface area contributed by atoms with Gasteiger partial charge in [-0.25, -0.2) is 0 Å². The first kappa shape index (κ1) is 14.5. The van der Waals surface area contributed by atoms with E-state index < -0.39 is 0 Å². The molecule has 0 saturated heterocycles. The van der Waals surface area contributed by atoms with Gasteiger partial charge in [-0.15, -0.1) is 0 Å². The van der Waals surface area contributed by atoms with Crippen molar-refractivity contribution in [2.75, 3.05) is 34.3 Å². The van der Waals surface area contributed by atoms with E-state index in [4.69, 9.17) is 4.74 Å². The van der Waals surface area contributed by atoms with Gasteiger partial charge in [-0.3, -0.25) is 0 Å². The molecule has 17 heavy (non-hydrogen) atoms. The van der Waals surface area contributed by atoms with Crippen LogP contribution in [0.2, 0.25) is 0 Å². The fourth-order valence-corrected chi connectivity index (χ4v) is 1.99. The molecule has 0 aliphatic heterocycles. The van der Waals surface area contributed by atoms with E-state index in [9.17, 15) is 0 Å². The van der Waals surface area contributed by atoms with Crippen molar-refractivity contribution in [3.8, 4) is 5.75 Å². The van der Waals surface area contributed by atoms with Crippen LogP contribution < -0.4 is 10.1 Å². The minimum absolute atomic E-state index is 0.760. The lowest BCUT2D eigenvalue weighted by Crippen LogP contribution is -2.16. The number of hydrogen-bond donors (Lipinski definition) is 1. The van der Waals surface area contributed by atoms with E-state index in [-0.39, 0.29) is 0 Å². The van der Waals surface area contributed by atoms with E-state index in [1.165, 1.54) is 5.56 Å². The Kier molecular flexibility index (Phi) is 6.55. The van der Waals surface area contributed by atoms with E-state index in [1.54, 1.807) is 0 Å². The molecule has 4 heteroatoms. The quantitative estimate of drug-likeness (QED) is 0.783. The van der Waals surface area contributed by atoms with Crippen molar-refractivity contribution in [1.82, 2.24) is 10.2 Å². The van der Waals surface area contributed by atoms with Crippen LogP contribution in [0.4, 0.5) is 0 Å². The van der Waals surface area contributed by atoms with Crippen LogP contribution in [0, 0.1) is 0 Å². The Hall–Kier alpha value is -0.580. The highest BCUT2D eigenvalue weighted by Gasteiger charge is 2.03. The average Bonchev–Trinajstić information content (AvgIpc) is 2.27. The van der Waals surface area contributed by atoms with E-state index >= 15 is 0 Å². The highest BCUT2D eigenvalue weighted by atomic mass is 79.9. The lowest BCUT2D eigenvalue weighted by Gasteiger charge is -2.13. The molecule has 0 aromatic heterocycles. The van der Waals surface area contributed by atoms with Crippen LogP contribution >= 0.6 is 15.9 Å². The first-order valence-electron chi connectivity index (χ1n) is 5.84. The molecule has 0 amide bonds. The van der Waals surface area contributed by atoms with Gasteiger partial charge in [-0.05, 0) is 45.8 Å². The SMILES string of the molecule is CNCc1cc(Br)ccc1OCCCN(C)C. The maximum Gasteiger partial charge on any atom is 0.123 e. The van der Waals surface area contributed by atoms with Crippen LogP contribution in [0.15, 0.2) is 22.7 Å². The van der Waals surface area contributed by atoms with Crippen LogP contribution in [0.3, 0.4) is 0 Å². The molecule has 0 radical (unpaired) electrons. The van der Waals surface area contributed by atoms with Gasteiger partial charge in [0.15, 0.2) is 0 Å². The highest BCUT2D eigenvalue weighted by Crippen LogP contribution is 2.23. The molecule has 0 atom stereocenters. The predicted molar refractivity (Wildman–Crippen MR) is 75.6 cm³/mol. The first-order valence-corrected chi connectivity index (χ1v) is 6.63. The van der Waals surface area contributed by atoms with E-state index in [0.717, 1.165) is 36.3 Å². The molecule has 0 aliphatic rings. The molecular formula is C13H21BrN2O. The van der Waals surface area contributed by atoms with Gasteiger partial charge in [-0.1, -0.05) is 15.9 Å². The van der Waals surface area contributed by atoms with E-state index in [1.807, 2.05) is 19.2 Å². The van der Waals surface area contributed by atoms with Crippen molar-refractivity contribution >= 4 is 15.9 Å². The molecule has 1 rings (SSSR count). The maximum absolute atomic E-state index is 5.81. The minimum Gasteiger partial charge on any atom is -0.493 e. The second kappa shape index (κ2) is 7.69. The van der Waals surface area contributed by atoms with Gasteiger partial charge in [0.05, 0.1) is 6.61 Å². The van der Waals surface area contributed by atoms with Crippen LogP contribution in [0.25, 0.3) is 0 Å². The molecule has 0 aliphatic carbocycles. The second-order valence-electron chi connectivity index (χ2n) is 4.29. The topological polar surface area (TPSA) is 24.5 Å². The summed E-state index contributed by atoms with van der Waals surface area (Å²) in [6.45, 7) is 2.64. The summed E-state index contributed by atoms with van der Waals surface area (Å²) in [5.74, 6) is 0.973. The molecule has 96 valence electrons. The molecule has 0 spiro atoms. The van der Waals surface area contributed by atoms with Crippen LogP contribution in [-0.4, -0.2) is 39.2 Å². The number of nitrogens with zero attached hydrogens (tertiary/aromatic N) is 1. The van der Waals surface area contributed by atoms with Gasteiger partial charge in [0, 0.05) is 23.1 Å². The Bertz CT molecular complexity index is 342. The lowest BCUT2D eigenvalue weighted by atomic mass is 10.2. The van der Waals surface area contributed by atoms with Gasteiger partial charge in [-0.2, -0.15) is 0 Å². The molecule has 0 saturated carbocycles. The summed E-state index contributed by atoms with van der Waals surface area (Å²) in [4.78, 5) is 2.17. The molecule has 3 nitrogen and oxygen atoms in total. The lowest BCUT2D eigenvalue weighted by molar-refractivity contribution is 0.279. The van der Waals surface area contributed by atoms with Crippen molar-refractivity contribution in [3.63, 3.8) is 0 Å². The fraction of sp³-hybridized carbons (Fsp3) is 0.538. The number of benzene rings is 1. The summed E-state index contributed by atoms with van der Waals surface area (Å²) in [6.07, 6.45) is 1.04. The van der Waals surface area contributed by atoms with Gasteiger partial charge < -0.3 is 15.0 Å². The summed E-state index contributed by atoms with van der Waals surface area (Å²) >= 11 is 3.48. The van der Waals surface area contributed by atoms with Crippen molar-refractivity contribution in [3.05, 3.63) is 28.2 Å². The third-order valence-corrected chi connectivity index (χ3v) is 2.89. The molecular weight excluding hydrogens is 280 g/mol. The van der Waals surface area contributed by atoms with E-state index in [0.29, 0.717) is 0 Å².